The number of anilines is 3. The van der Waals surface area contributed by atoms with Gasteiger partial charge in [0.05, 0.1) is 24.8 Å². The number of aromatic nitrogens is 3. The van der Waals surface area contributed by atoms with Gasteiger partial charge in [-0.1, -0.05) is 33.3 Å². The molecule has 4 atom stereocenters. The quantitative estimate of drug-likeness (QED) is 0.406. The van der Waals surface area contributed by atoms with Gasteiger partial charge >= 0.3 is 0 Å². The van der Waals surface area contributed by atoms with Crippen molar-refractivity contribution >= 4 is 17.5 Å². The van der Waals surface area contributed by atoms with Gasteiger partial charge in [-0.25, -0.2) is 19.3 Å². The van der Waals surface area contributed by atoms with Crippen LogP contribution in [-0.4, -0.2) is 46.4 Å². The minimum Gasteiger partial charge on any atom is -0.489 e. The van der Waals surface area contributed by atoms with Gasteiger partial charge in [0, 0.05) is 42.2 Å². The van der Waals surface area contributed by atoms with Crippen molar-refractivity contribution in [3.8, 4) is 5.75 Å². The van der Waals surface area contributed by atoms with Crippen LogP contribution in [0, 0.1) is 24.6 Å². The van der Waals surface area contributed by atoms with Crippen molar-refractivity contribution in [3.63, 3.8) is 0 Å². The van der Waals surface area contributed by atoms with Gasteiger partial charge in [0.2, 0.25) is 5.95 Å². The Bertz CT molecular complexity index is 1330. The summed E-state index contributed by atoms with van der Waals surface area (Å²) in [5, 5.41) is 3.20. The Hall–Kier alpha value is -3.26. The van der Waals surface area contributed by atoms with E-state index in [9.17, 15) is 4.39 Å². The van der Waals surface area contributed by atoms with Crippen LogP contribution in [0.2, 0.25) is 0 Å². The molecule has 1 saturated carbocycles. The summed E-state index contributed by atoms with van der Waals surface area (Å²) >= 11 is 0. The van der Waals surface area contributed by atoms with Crippen LogP contribution in [-0.2, 0) is 24.0 Å². The van der Waals surface area contributed by atoms with Crippen LogP contribution in [0.4, 0.5) is 21.8 Å². The molecule has 3 fully saturated rings. The smallest absolute Gasteiger partial charge is 0.225 e. The fourth-order valence-corrected chi connectivity index (χ4v) is 6.30. The van der Waals surface area contributed by atoms with Gasteiger partial charge in [-0.3, -0.25) is 0 Å². The SMILES string of the molecule is CCCc1cnc(N2CC3C(Oc4c(CC)cnc(Nc5ccc(CC)cc5F)c4C)C4COC43C2)nc1. The third-order valence-corrected chi connectivity index (χ3v) is 8.61. The lowest BCUT2D eigenvalue weighted by Crippen LogP contribution is -2.76. The molecule has 4 heterocycles. The number of ether oxygens (including phenoxy) is 2. The summed E-state index contributed by atoms with van der Waals surface area (Å²) in [4.78, 5) is 16.2. The zero-order chi connectivity index (χ0) is 26.4. The standard InChI is InChI=1S/C30H36FN5O2/c1-5-8-20-12-33-29(34-13-20)36-15-22-27(23-16-37-30(22,23)17-36)38-26-18(4)28(32-14-21(26)7-3)35-25-10-9-19(6-2)11-24(25)31/h9-14,22-23,27H,5-8,15-17H2,1-4H3,(H,32,35). The Balaban J connectivity index is 1.22. The van der Waals surface area contributed by atoms with E-state index >= 15 is 0 Å². The summed E-state index contributed by atoms with van der Waals surface area (Å²) in [7, 11) is 0. The number of nitrogens with one attached hydrogen (secondary N) is 1. The molecule has 0 amide bonds. The highest BCUT2D eigenvalue weighted by atomic mass is 19.1. The van der Waals surface area contributed by atoms with Crippen molar-refractivity contribution in [2.24, 2.45) is 11.8 Å². The number of nitrogens with zero attached hydrogens (tertiary/aromatic N) is 4. The molecule has 200 valence electrons. The molecule has 0 radical (unpaired) electrons. The van der Waals surface area contributed by atoms with Crippen LogP contribution < -0.4 is 15.0 Å². The van der Waals surface area contributed by atoms with Crippen molar-refractivity contribution < 1.29 is 13.9 Å². The normalized spacial score (nSPS) is 25.3. The zero-order valence-electron chi connectivity index (χ0n) is 22.6. The van der Waals surface area contributed by atoms with Crippen molar-refractivity contribution in [1.29, 1.82) is 0 Å². The Labute approximate surface area is 223 Å². The second-order valence-electron chi connectivity index (χ2n) is 10.8. The van der Waals surface area contributed by atoms with Crippen molar-refractivity contribution in [2.45, 2.75) is 65.1 Å². The number of aryl methyl sites for hydroxylation is 3. The summed E-state index contributed by atoms with van der Waals surface area (Å²) in [5.41, 5.74) is 4.32. The molecule has 4 unspecified atom stereocenters. The molecule has 3 aromatic rings. The number of benzene rings is 1. The number of pyridine rings is 1. The van der Waals surface area contributed by atoms with Crippen molar-refractivity contribution in [3.05, 3.63) is 64.9 Å². The molecule has 2 saturated heterocycles. The first-order chi connectivity index (χ1) is 18.5. The highest BCUT2D eigenvalue weighted by Gasteiger charge is 2.74. The number of halogens is 1. The average Bonchev–Trinajstić information content (AvgIpc) is 3.32. The molecular weight excluding hydrogens is 481 g/mol. The summed E-state index contributed by atoms with van der Waals surface area (Å²) in [6, 6.07) is 5.29. The highest BCUT2D eigenvalue weighted by molar-refractivity contribution is 5.64. The van der Waals surface area contributed by atoms with Gasteiger partial charge in [-0.15, -0.1) is 0 Å². The van der Waals surface area contributed by atoms with Crippen LogP contribution in [0.3, 0.4) is 0 Å². The first-order valence-corrected chi connectivity index (χ1v) is 13.9. The van der Waals surface area contributed by atoms with Crippen molar-refractivity contribution in [1.82, 2.24) is 15.0 Å². The number of hydrogen-bond donors (Lipinski definition) is 1. The molecule has 7 nitrogen and oxygen atoms in total. The topological polar surface area (TPSA) is 72.4 Å². The molecule has 1 N–H and O–H groups in total. The van der Waals surface area contributed by atoms with E-state index in [1.165, 1.54) is 5.56 Å². The second kappa shape index (κ2) is 9.80. The third-order valence-electron chi connectivity index (χ3n) is 8.61. The van der Waals surface area contributed by atoms with Gasteiger partial charge in [-0.2, -0.15) is 0 Å². The van der Waals surface area contributed by atoms with Crippen LogP contribution in [0.25, 0.3) is 0 Å². The predicted octanol–water partition coefficient (Wildman–Crippen LogP) is 5.42. The van der Waals surface area contributed by atoms with Crippen LogP contribution in [0.15, 0.2) is 36.8 Å². The lowest BCUT2D eigenvalue weighted by Gasteiger charge is -2.63. The summed E-state index contributed by atoms with van der Waals surface area (Å²) in [6.07, 6.45) is 9.45. The van der Waals surface area contributed by atoms with Gasteiger partial charge in [0.15, 0.2) is 0 Å². The highest BCUT2D eigenvalue weighted by Crippen LogP contribution is 2.59. The molecule has 38 heavy (non-hydrogen) atoms. The van der Waals surface area contributed by atoms with Crippen LogP contribution >= 0.6 is 0 Å². The summed E-state index contributed by atoms with van der Waals surface area (Å²) in [5.74, 6) is 2.53. The Morgan fingerprint density at radius 3 is 2.55 bits per heavy atom. The van der Waals surface area contributed by atoms with E-state index in [1.54, 1.807) is 12.1 Å². The maximum atomic E-state index is 14.7. The van der Waals surface area contributed by atoms with E-state index in [0.717, 1.165) is 67.2 Å². The molecule has 2 aromatic heterocycles. The third kappa shape index (κ3) is 4.01. The second-order valence-corrected chi connectivity index (χ2v) is 10.8. The number of rotatable bonds is 9. The van der Waals surface area contributed by atoms with Crippen LogP contribution in [0.5, 0.6) is 5.75 Å². The maximum absolute atomic E-state index is 14.7. The van der Waals surface area contributed by atoms with E-state index in [1.807, 2.05) is 38.5 Å². The predicted molar refractivity (Wildman–Crippen MR) is 146 cm³/mol. The first kappa shape index (κ1) is 25.0. The Morgan fingerprint density at radius 2 is 1.89 bits per heavy atom. The lowest BCUT2D eigenvalue weighted by atomic mass is 9.57. The molecule has 2 aliphatic heterocycles. The summed E-state index contributed by atoms with van der Waals surface area (Å²) < 4.78 is 27.7. The summed E-state index contributed by atoms with van der Waals surface area (Å²) in [6.45, 7) is 10.6. The minimum atomic E-state index is -0.279. The molecule has 8 heteroatoms. The average molecular weight is 518 g/mol. The van der Waals surface area contributed by atoms with E-state index in [2.05, 4.69) is 39.0 Å². The van der Waals surface area contributed by atoms with E-state index < -0.39 is 0 Å². The molecule has 1 aromatic carbocycles. The monoisotopic (exact) mass is 517 g/mol. The van der Waals surface area contributed by atoms with Gasteiger partial charge < -0.3 is 19.7 Å². The largest absolute Gasteiger partial charge is 0.489 e. The van der Waals surface area contributed by atoms with E-state index in [-0.39, 0.29) is 23.4 Å². The van der Waals surface area contributed by atoms with Crippen molar-refractivity contribution in [2.75, 3.05) is 29.9 Å². The fourth-order valence-electron chi connectivity index (χ4n) is 6.30. The van der Waals surface area contributed by atoms with E-state index in [4.69, 9.17) is 9.47 Å². The molecule has 6 rings (SSSR count). The maximum Gasteiger partial charge on any atom is 0.225 e. The molecule has 1 spiro atoms. The molecule has 3 aliphatic rings. The van der Waals surface area contributed by atoms with Crippen LogP contribution in [0.1, 0.15) is 49.4 Å². The Kier molecular flexibility index (Phi) is 6.46. The molecule has 0 bridgehead atoms. The Morgan fingerprint density at radius 1 is 1.08 bits per heavy atom. The van der Waals surface area contributed by atoms with Gasteiger partial charge in [-0.05, 0) is 49.4 Å². The first-order valence-electron chi connectivity index (χ1n) is 13.9. The molecule has 1 aliphatic carbocycles. The number of hydrogen-bond acceptors (Lipinski definition) is 7. The minimum absolute atomic E-state index is 0.0490. The molecular formula is C30H36FN5O2. The van der Waals surface area contributed by atoms with Gasteiger partial charge in [0.25, 0.3) is 0 Å². The van der Waals surface area contributed by atoms with E-state index in [0.29, 0.717) is 24.0 Å². The fraction of sp³-hybridized carbons (Fsp3) is 0.500. The lowest BCUT2D eigenvalue weighted by molar-refractivity contribution is -0.322. The van der Waals surface area contributed by atoms with Gasteiger partial charge in [0.1, 0.15) is 29.1 Å². The zero-order valence-corrected chi connectivity index (χ0v) is 22.6.